The van der Waals surface area contributed by atoms with Gasteiger partial charge in [0, 0.05) is 22.8 Å². The summed E-state index contributed by atoms with van der Waals surface area (Å²) >= 11 is 3.01. The third kappa shape index (κ3) is 5.03. The number of aromatic nitrogens is 4. The molecule has 0 saturated heterocycles. The van der Waals surface area contributed by atoms with E-state index in [1.54, 1.807) is 23.7 Å². The van der Waals surface area contributed by atoms with Gasteiger partial charge in [-0.2, -0.15) is 0 Å². The molecule has 4 aromatic rings. The maximum atomic E-state index is 12.4. The van der Waals surface area contributed by atoms with Gasteiger partial charge in [0.15, 0.2) is 11.0 Å². The minimum absolute atomic E-state index is 0.0342. The standard InChI is InChI=1S/C23H23N5OS2/c1-16(2)19-9-3-4-10-20(19)28-22(17-7-5-11-24-13-17)26-27-23(28)31-15-21(29)25-14-18-8-6-12-30-18/h3-13,16H,14-15H2,1-2H3,(H,25,29). The molecule has 0 saturated carbocycles. The molecule has 0 aliphatic carbocycles. The maximum Gasteiger partial charge on any atom is 0.230 e. The van der Waals surface area contributed by atoms with Crippen molar-refractivity contribution in [1.82, 2.24) is 25.1 Å². The van der Waals surface area contributed by atoms with Crippen LogP contribution in [0.25, 0.3) is 17.1 Å². The second-order valence-electron chi connectivity index (χ2n) is 7.24. The second-order valence-corrected chi connectivity index (χ2v) is 9.22. The van der Waals surface area contributed by atoms with Gasteiger partial charge in [-0.15, -0.1) is 21.5 Å². The molecule has 3 heterocycles. The minimum Gasteiger partial charge on any atom is -0.350 e. The van der Waals surface area contributed by atoms with Crippen LogP contribution in [0.2, 0.25) is 0 Å². The first-order chi connectivity index (χ1) is 15.1. The van der Waals surface area contributed by atoms with Crippen molar-refractivity contribution in [2.24, 2.45) is 0 Å². The van der Waals surface area contributed by atoms with Gasteiger partial charge in [0.2, 0.25) is 5.91 Å². The number of benzene rings is 1. The average molecular weight is 450 g/mol. The first-order valence-corrected chi connectivity index (χ1v) is 11.9. The summed E-state index contributed by atoms with van der Waals surface area (Å²) in [6.45, 7) is 4.87. The van der Waals surface area contributed by atoms with Gasteiger partial charge in [-0.05, 0) is 41.1 Å². The van der Waals surface area contributed by atoms with Crippen molar-refractivity contribution in [1.29, 1.82) is 0 Å². The molecule has 1 aromatic carbocycles. The first kappa shape index (κ1) is 21.3. The van der Waals surface area contributed by atoms with E-state index in [2.05, 4.69) is 46.5 Å². The fourth-order valence-electron chi connectivity index (χ4n) is 3.22. The van der Waals surface area contributed by atoms with E-state index in [1.165, 1.54) is 17.3 Å². The lowest BCUT2D eigenvalue weighted by molar-refractivity contribution is -0.118. The Kier molecular flexibility index (Phi) is 6.79. The molecule has 0 radical (unpaired) electrons. The molecule has 0 spiro atoms. The number of amides is 1. The van der Waals surface area contributed by atoms with E-state index in [1.807, 2.05) is 46.3 Å². The van der Waals surface area contributed by atoms with Gasteiger partial charge < -0.3 is 5.32 Å². The fraction of sp³-hybridized carbons (Fsp3) is 0.217. The topological polar surface area (TPSA) is 72.7 Å². The predicted molar refractivity (Wildman–Crippen MR) is 126 cm³/mol. The quantitative estimate of drug-likeness (QED) is 0.387. The molecule has 1 N–H and O–H groups in total. The molecule has 1 amide bonds. The summed E-state index contributed by atoms with van der Waals surface area (Å²) in [6.07, 6.45) is 3.51. The fourth-order valence-corrected chi connectivity index (χ4v) is 4.64. The molecular formula is C23H23N5OS2. The highest BCUT2D eigenvalue weighted by atomic mass is 32.2. The SMILES string of the molecule is CC(C)c1ccccc1-n1c(SCC(=O)NCc2cccs2)nnc1-c1cccnc1. The molecule has 0 bridgehead atoms. The summed E-state index contributed by atoms with van der Waals surface area (Å²) in [5, 5.41) is 14.5. The van der Waals surface area contributed by atoms with Gasteiger partial charge in [0.25, 0.3) is 0 Å². The van der Waals surface area contributed by atoms with Crippen molar-refractivity contribution in [3.8, 4) is 17.1 Å². The normalized spacial score (nSPS) is 11.1. The zero-order valence-electron chi connectivity index (χ0n) is 17.4. The zero-order valence-corrected chi connectivity index (χ0v) is 19.0. The van der Waals surface area contributed by atoms with Crippen molar-refractivity contribution >= 4 is 29.0 Å². The van der Waals surface area contributed by atoms with Crippen LogP contribution < -0.4 is 5.32 Å². The van der Waals surface area contributed by atoms with Crippen LogP contribution in [0.15, 0.2) is 71.5 Å². The summed E-state index contributed by atoms with van der Waals surface area (Å²) in [6, 6.07) is 16.1. The number of rotatable bonds is 8. The minimum atomic E-state index is -0.0342. The molecule has 4 rings (SSSR count). The number of thioether (sulfide) groups is 1. The van der Waals surface area contributed by atoms with Crippen LogP contribution in [-0.2, 0) is 11.3 Å². The Balaban J connectivity index is 1.62. The van der Waals surface area contributed by atoms with Crippen molar-refractivity contribution in [3.05, 3.63) is 76.7 Å². The molecular weight excluding hydrogens is 426 g/mol. The van der Waals surface area contributed by atoms with Crippen LogP contribution in [0.4, 0.5) is 0 Å². The van der Waals surface area contributed by atoms with E-state index in [-0.39, 0.29) is 11.7 Å². The largest absolute Gasteiger partial charge is 0.350 e. The van der Waals surface area contributed by atoms with Crippen molar-refractivity contribution < 1.29 is 4.79 Å². The Hall–Kier alpha value is -2.97. The highest BCUT2D eigenvalue weighted by Gasteiger charge is 2.20. The van der Waals surface area contributed by atoms with Crippen LogP contribution >= 0.6 is 23.1 Å². The van der Waals surface area contributed by atoms with Gasteiger partial charge in [-0.25, -0.2) is 0 Å². The van der Waals surface area contributed by atoms with E-state index < -0.39 is 0 Å². The molecule has 31 heavy (non-hydrogen) atoms. The Morgan fingerprint density at radius 1 is 1.13 bits per heavy atom. The van der Waals surface area contributed by atoms with Gasteiger partial charge in [-0.3, -0.25) is 14.3 Å². The molecule has 0 aliphatic heterocycles. The molecule has 8 heteroatoms. The summed E-state index contributed by atoms with van der Waals surface area (Å²) in [5.74, 6) is 1.27. The van der Waals surface area contributed by atoms with Gasteiger partial charge in [-0.1, -0.05) is 49.9 Å². The summed E-state index contributed by atoms with van der Waals surface area (Å²) in [4.78, 5) is 17.8. The van der Waals surface area contributed by atoms with Gasteiger partial charge in [0.05, 0.1) is 18.0 Å². The van der Waals surface area contributed by atoms with Gasteiger partial charge in [0.1, 0.15) is 0 Å². The molecule has 0 aliphatic rings. The zero-order chi connectivity index (χ0) is 21.6. The number of thiophene rings is 1. The van der Waals surface area contributed by atoms with Crippen molar-refractivity contribution in [2.75, 3.05) is 5.75 Å². The van der Waals surface area contributed by atoms with E-state index in [0.29, 0.717) is 23.4 Å². The number of hydrogen-bond donors (Lipinski definition) is 1. The number of pyridine rings is 1. The first-order valence-electron chi connectivity index (χ1n) is 10.0. The number of nitrogens with zero attached hydrogens (tertiary/aromatic N) is 4. The molecule has 158 valence electrons. The Bertz CT molecular complexity index is 1140. The molecule has 0 fully saturated rings. The van der Waals surface area contributed by atoms with Crippen molar-refractivity contribution in [3.63, 3.8) is 0 Å². The summed E-state index contributed by atoms with van der Waals surface area (Å²) in [7, 11) is 0. The Labute approximate surface area is 189 Å². The van der Waals surface area contributed by atoms with Crippen LogP contribution in [0.5, 0.6) is 0 Å². The molecule has 0 unspecified atom stereocenters. The Morgan fingerprint density at radius 3 is 2.74 bits per heavy atom. The third-order valence-electron chi connectivity index (χ3n) is 4.73. The predicted octanol–water partition coefficient (Wildman–Crippen LogP) is 4.92. The van der Waals surface area contributed by atoms with E-state index in [4.69, 9.17) is 0 Å². The molecule has 0 atom stereocenters. The second kappa shape index (κ2) is 9.89. The van der Waals surface area contributed by atoms with Crippen molar-refractivity contribution in [2.45, 2.75) is 31.5 Å². The number of carbonyl (C=O) groups is 1. The highest BCUT2D eigenvalue weighted by Crippen LogP contribution is 2.31. The lowest BCUT2D eigenvalue weighted by atomic mass is 10.0. The highest BCUT2D eigenvalue weighted by molar-refractivity contribution is 7.99. The Morgan fingerprint density at radius 2 is 2.00 bits per heavy atom. The van der Waals surface area contributed by atoms with Crippen LogP contribution in [0.3, 0.4) is 0 Å². The monoisotopic (exact) mass is 449 g/mol. The number of nitrogens with one attached hydrogen (secondary N) is 1. The van der Waals surface area contributed by atoms with E-state index in [0.717, 1.165) is 16.1 Å². The molecule has 6 nitrogen and oxygen atoms in total. The van der Waals surface area contributed by atoms with Crippen LogP contribution in [0, 0.1) is 0 Å². The van der Waals surface area contributed by atoms with E-state index >= 15 is 0 Å². The lowest BCUT2D eigenvalue weighted by Gasteiger charge is -2.16. The number of para-hydroxylation sites is 1. The summed E-state index contributed by atoms with van der Waals surface area (Å²) < 4.78 is 2.03. The van der Waals surface area contributed by atoms with Crippen LogP contribution in [-0.4, -0.2) is 31.4 Å². The maximum absolute atomic E-state index is 12.4. The van der Waals surface area contributed by atoms with Crippen LogP contribution in [0.1, 0.15) is 30.2 Å². The molecule has 3 aromatic heterocycles. The van der Waals surface area contributed by atoms with E-state index in [9.17, 15) is 4.79 Å². The third-order valence-corrected chi connectivity index (χ3v) is 6.53. The lowest BCUT2D eigenvalue weighted by Crippen LogP contribution is -2.24. The number of hydrogen-bond acceptors (Lipinski definition) is 6. The smallest absolute Gasteiger partial charge is 0.230 e. The summed E-state index contributed by atoms with van der Waals surface area (Å²) in [5.41, 5.74) is 3.09. The van der Waals surface area contributed by atoms with Gasteiger partial charge >= 0.3 is 0 Å². The average Bonchev–Trinajstić information content (AvgIpc) is 3.46. The number of carbonyl (C=O) groups excluding carboxylic acids is 1.